The van der Waals surface area contributed by atoms with E-state index in [4.69, 9.17) is 19.5 Å². The molecule has 0 heterocycles. The molecule has 0 aliphatic carbocycles. The highest BCUT2D eigenvalue weighted by Crippen LogP contribution is 2.30. The molecule has 0 spiro atoms. The van der Waals surface area contributed by atoms with Crippen LogP contribution in [-0.2, 0) is 14.4 Å². The minimum absolute atomic E-state index is 0.109. The van der Waals surface area contributed by atoms with Crippen LogP contribution in [0.1, 0.15) is 92.1 Å². The minimum atomic E-state index is 0.109. The molecule has 2 N–H and O–H groups in total. The Balaban J connectivity index is -0.000000317. The van der Waals surface area contributed by atoms with Gasteiger partial charge < -0.3 is 19.4 Å². The quantitative estimate of drug-likeness (QED) is 0.0198. The van der Waals surface area contributed by atoms with Crippen LogP contribution < -0.4 is 4.74 Å². The van der Waals surface area contributed by atoms with E-state index >= 15 is 0 Å². The molecule has 0 amide bonds. The van der Waals surface area contributed by atoms with Gasteiger partial charge in [0.25, 0.3) is 0 Å². The fourth-order valence-electron chi connectivity index (χ4n) is 3.12. The largest absolute Gasteiger partial charge is 0.516 e. The Hall–Kier alpha value is -2.23. The molecule has 0 unspecified atom stereocenters. The van der Waals surface area contributed by atoms with Crippen LogP contribution in [0.4, 0.5) is 0 Å². The Morgan fingerprint density at radius 3 is 2.05 bits per heavy atom. The van der Waals surface area contributed by atoms with Gasteiger partial charge in [-0.15, -0.1) is 13.2 Å². The molecular weight excluding hydrogens is 581 g/mol. The summed E-state index contributed by atoms with van der Waals surface area (Å²) in [5.41, 5.74) is 3.31. The Morgan fingerprint density at radius 1 is 0.953 bits per heavy atom. The van der Waals surface area contributed by atoms with E-state index in [0.29, 0.717) is 18.3 Å². The van der Waals surface area contributed by atoms with Gasteiger partial charge >= 0.3 is 0 Å². The molecule has 8 heteroatoms. The summed E-state index contributed by atoms with van der Waals surface area (Å²) in [6.45, 7) is 21.7. The lowest BCUT2D eigenvalue weighted by atomic mass is 9.92. The smallest absolute Gasteiger partial charge is 0.120 e. The van der Waals surface area contributed by atoms with Gasteiger partial charge in [0, 0.05) is 0 Å². The van der Waals surface area contributed by atoms with Crippen molar-refractivity contribution in [1.29, 1.82) is 0 Å². The highest BCUT2D eigenvalue weighted by atomic mass is 32.1. The number of rotatable bonds is 17. The van der Waals surface area contributed by atoms with Crippen molar-refractivity contribution < 1.29 is 29.5 Å². The molecule has 6 nitrogen and oxygen atoms in total. The zero-order valence-electron chi connectivity index (χ0n) is 27.8. The summed E-state index contributed by atoms with van der Waals surface area (Å²) in [4.78, 5) is 12.1. The Bertz CT molecular complexity index is 773. The van der Waals surface area contributed by atoms with Gasteiger partial charge in [-0.25, -0.2) is 4.89 Å². The Morgan fingerprint density at radius 2 is 1.53 bits per heavy atom. The van der Waals surface area contributed by atoms with E-state index in [2.05, 4.69) is 56.3 Å². The van der Waals surface area contributed by atoms with E-state index in [0.717, 1.165) is 42.4 Å². The van der Waals surface area contributed by atoms with E-state index in [-0.39, 0.29) is 13.2 Å². The highest BCUT2D eigenvalue weighted by Gasteiger charge is 2.10. The minimum Gasteiger partial charge on any atom is -0.516 e. The molecule has 0 saturated carbocycles. The molecule has 0 radical (unpaired) electrons. The third-order valence-corrected chi connectivity index (χ3v) is 4.75. The van der Waals surface area contributed by atoms with Crippen LogP contribution >= 0.6 is 25.3 Å². The molecule has 250 valence electrons. The Kier molecular flexibility index (Phi) is 58.0. The third kappa shape index (κ3) is 39.8. The molecule has 0 fully saturated rings. The van der Waals surface area contributed by atoms with E-state index in [1.54, 1.807) is 18.2 Å². The summed E-state index contributed by atoms with van der Waals surface area (Å²) in [5, 5.41) is 17.7. The van der Waals surface area contributed by atoms with Crippen LogP contribution in [0.15, 0.2) is 79.6 Å². The predicted molar refractivity (Wildman–Crippen MR) is 196 cm³/mol. The van der Waals surface area contributed by atoms with Crippen molar-refractivity contribution in [2.75, 3.05) is 31.5 Å². The topological polar surface area (TPSA) is 85.2 Å². The van der Waals surface area contributed by atoms with Crippen LogP contribution in [0.2, 0.25) is 0 Å². The number of allylic oxidation sites excluding steroid dienone is 6. The maximum Gasteiger partial charge on any atom is 0.120 e. The number of aliphatic hydroxyl groups is 1. The average molecular weight is 643 g/mol. The number of hydrogen-bond donors (Lipinski definition) is 4. The van der Waals surface area contributed by atoms with Gasteiger partial charge in [0.05, 0.1) is 18.8 Å². The van der Waals surface area contributed by atoms with Gasteiger partial charge in [0.2, 0.25) is 0 Å². The van der Waals surface area contributed by atoms with Gasteiger partial charge in [0.1, 0.15) is 25.8 Å². The maximum atomic E-state index is 9.19. The van der Waals surface area contributed by atoms with Gasteiger partial charge in [-0.05, 0) is 73.8 Å². The van der Waals surface area contributed by atoms with Crippen LogP contribution in [0.25, 0.3) is 5.57 Å². The molecule has 0 bridgehead atoms. The average Bonchev–Trinajstić information content (AvgIpc) is 3.02. The lowest BCUT2D eigenvalue weighted by Gasteiger charge is -2.15. The first kappa shape index (κ1) is 50.4. The maximum absolute atomic E-state index is 9.19. The Labute approximate surface area is 275 Å². The highest BCUT2D eigenvalue weighted by molar-refractivity contribution is 7.80. The van der Waals surface area contributed by atoms with Crippen molar-refractivity contribution in [3.63, 3.8) is 0 Å². The number of carbonyl (C=O) groups excluding carboxylic acids is 1. The van der Waals surface area contributed by atoms with Gasteiger partial charge in [-0.2, -0.15) is 25.3 Å². The van der Waals surface area contributed by atoms with Gasteiger partial charge in [-0.1, -0.05) is 89.8 Å². The van der Waals surface area contributed by atoms with Gasteiger partial charge in [-0.3, -0.25) is 5.26 Å². The SMILES string of the molecule is C=CC.C=CC.C=O.CC.CCCCCCCC(=C/C=C/O)/C(=C\CCOCS)c1cccc(OCCOO)c1.CCS. The van der Waals surface area contributed by atoms with E-state index in [9.17, 15) is 5.11 Å². The zero-order chi connectivity index (χ0) is 34.0. The first-order chi connectivity index (χ1) is 21.0. The lowest BCUT2D eigenvalue weighted by Crippen LogP contribution is -2.04. The van der Waals surface area contributed by atoms with Crippen molar-refractivity contribution >= 4 is 37.6 Å². The van der Waals surface area contributed by atoms with Gasteiger partial charge in [0.15, 0.2) is 0 Å². The molecular formula is C35H62O6S2. The second-order valence-corrected chi connectivity index (χ2v) is 8.87. The van der Waals surface area contributed by atoms with Crippen LogP contribution in [-0.4, -0.2) is 48.7 Å². The number of thiol groups is 2. The van der Waals surface area contributed by atoms with E-state index in [1.807, 2.05) is 71.7 Å². The molecule has 1 rings (SSSR count). The predicted octanol–water partition coefficient (Wildman–Crippen LogP) is 10.8. The lowest BCUT2D eigenvalue weighted by molar-refractivity contribution is -0.245. The van der Waals surface area contributed by atoms with Crippen LogP contribution in [0.3, 0.4) is 0 Å². The number of carbonyl (C=O) groups is 1. The number of benzene rings is 1. The number of ether oxygens (including phenoxy) is 2. The first-order valence-corrected chi connectivity index (χ1v) is 16.2. The summed E-state index contributed by atoms with van der Waals surface area (Å²) < 4.78 is 11.0. The van der Waals surface area contributed by atoms with E-state index < -0.39 is 0 Å². The van der Waals surface area contributed by atoms with Crippen molar-refractivity contribution in [1.82, 2.24) is 0 Å². The summed E-state index contributed by atoms with van der Waals surface area (Å²) in [7, 11) is 0. The molecule has 1 aromatic rings. The normalized spacial score (nSPS) is 10.1. The summed E-state index contributed by atoms with van der Waals surface area (Å²) in [5.74, 6) is 2.05. The third-order valence-electron chi connectivity index (χ3n) is 4.57. The van der Waals surface area contributed by atoms with Crippen molar-refractivity contribution in [3.05, 3.63) is 85.2 Å². The number of aliphatic hydroxyl groups excluding tert-OH is 1. The summed E-state index contributed by atoms with van der Waals surface area (Å²) in [6.07, 6.45) is 18.1. The molecule has 0 aromatic heterocycles. The van der Waals surface area contributed by atoms with Crippen molar-refractivity contribution in [2.45, 2.75) is 86.5 Å². The van der Waals surface area contributed by atoms with Crippen LogP contribution in [0, 0.1) is 0 Å². The molecule has 0 aliphatic rings. The molecule has 0 saturated heterocycles. The standard InChI is InChI=1S/C24H36O5S.2C3H6.C2H6S.C2H6.CH2O/c1-2-3-4-5-6-10-21(12-8-15-25)24(14-9-16-27-20-30)22-11-7-13-23(19-22)28-17-18-29-26;2*1-3-2;1-2-3;2*1-2/h7-8,11-15,19,25-26,30H,2-6,9-10,16-18,20H2,1H3;2*3H,1H2,2H3;3H,2H2,1H3;1-2H3;1H2/b15-8+,21-12-,24-14+;;;;;. The first-order valence-electron chi connectivity index (χ1n) is 14.9. The fourth-order valence-corrected chi connectivity index (χ4v) is 3.25. The monoisotopic (exact) mass is 642 g/mol. The van der Waals surface area contributed by atoms with Crippen molar-refractivity contribution in [3.8, 4) is 5.75 Å². The second kappa shape index (κ2) is 49.4. The molecule has 0 aliphatic heterocycles. The number of hydrogen-bond acceptors (Lipinski definition) is 8. The fraction of sp³-hybridized carbons (Fsp3) is 0.514. The van der Waals surface area contributed by atoms with Crippen molar-refractivity contribution in [2.24, 2.45) is 0 Å². The molecule has 43 heavy (non-hydrogen) atoms. The summed E-state index contributed by atoms with van der Waals surface area (Å²) >= 11 is 7.88. The second-order valence-electron chi connectivity index (χ2n) is 7.98. The zero-order valence-corrected chi connectivity index (χ0v) is 29.6. The van der Waals surface area contributed by atoms with Crippen LogP contribution in [0.5, 0.6) is 5.75 Å². The number of unbranched alkanes of at least 4 members (excludes halogenated alkanes) is 4. The van der Waals surface area contributed by atoms with E-state index in [1.165, 1.54) is 31.3 Å². The molecule has 0 atom stereocenters. The molecule has 1 aromatic carbocycles. The summed E-state index contributed by atoms with van der Waals surface area (Å²) in [6, 6.07) is 7.86.